The summed E-state index contributed by atoms with van der Waals surface area (Å²) in [4.78, 5) is 14.2. The van der Waals surface area contributed by atoms with Crippen LogP contribution in [0.15, 0.2) is 30.3 Å². The fourth-order valence-electron chi connectivity index (χ4n) is 2.21. The molecule has 1 fully saturated rings. The first kappa shape index (κ1) is 15.0. The van der Waals surface area contributed by atoms with Gasteiger partial charge in [-0.2, -0.15) is 0 Å². The molecule has 0 N–H and O–H groups in total. The van der Waals surface area contributed by atoms with E-state index < -0.39 is 0 Å². The molecule has 22 heavy (non-hydrogen) atoms. The third-order valence-corrected chi connectivity index (χ3v) is 4.42. The van der Waals surface area contributed by atoms with Crippen LogP contribution < -0.4 is 9.47 Å². The van der Waals surface area contributed by atoms with Crippen LogP contribution in [0.2, 0.25) is 0 Å². The van der Waals surface area contributed by atoms with E-state index in [2.05, 4.69) is 0 Å². The second-order valence-corrected chi connectivity index (χ2v) is 5.82. The molecule has 2 aromatic rings. The Kier molecular flexibility index (Phi) is 4.42. The summed E-state index contributed by atoms with van der Waals surface area (Å²) in [6.07, 6.45) is -0.355. The van der Waals surface area contributed by atoms with Crippen LogP contribution in [0.5, 0.6) is 11.5 Å². The lowest BCUT2D eigenvalue weighted by molar-refractivity contribution is -0.0413. The van der Waals surface area contributed by atoms with E-state index in [0.717, 1.165) is 4.88 Å². The summed E-state index contributed by atoms with van der Waals surface area (Å²) in [5.41, 5.74) is 0.526. The maximum Gasteiger partial charge on any atom is 0.203 e. The van der Waals surface area contributed by atoms with Crippen molar-refractivity contribution in [1.82, 2.24) is 0 Å². The molecule has 0 amide bonds. The van der Waals surface area contributed by atoms with Crippen LogP contribution in [0, 0.1) is 0 Å². The highest BCUT2D eigenvalue weighted by molar-refractivity contribution is 7.14. The van der Waals surface area contributed by atoms with Crippen molar-refractivity contribution >= 4 is 17.1 Å². The van der Waals surface area contributed by atoms with Crippen molar-refractivity contribution in [2.45, 2.75) is 6.29 Å². The molecule has 1 aromatic heterocycles. The van der Waals surface area contributed by atoms with Gasteiger partial charge in [0, 0.05) is 11.6 Å². The molecule has 0 aliphatic carbocycles. The molecule has 1 saturated heterocycles. The summed E-state index contributed by atoms with van der Waals surface area (Å²) in [5, 5.41) is 0. The number of thiophene rings is 1. The SMILES string of the molecule is COc1cc(OC)cc(C(=O)c2ccc(C3OCCO3)s2)c1. The molecule has 116 valence electrons. The first-order chi connectivity index (χ1) is 10.7. The van der Waals surface area contributed by atoms with Crippen LogP contribution in [0.3, 0.4) is 0 Å². The zero-order chi connectivity index (χ0) is 15.5. The van der Waals surface area contributed by atoms with Gasteiger partial charge in [0.1, 0.15) is 11.5 Å². The molecule has 1 aromatic carbocycles. The van der Waals surface area contributed by atoms with Crippen LogP contribution in [0.4, 0.5) is 0 Å². The van der Waals surface area contributed by atoms with Gasteiger partial charge in [0.25, 0.3) is 0 Å². The maximum atomic E-state index is 12.6. The molecule has 0 atom stereocenters. The Bertz CT molecular complexity index is 651. The van der Waals surface area contributed by atoms with Crippen LogP contribution in [-0.2, 0) is 9.47 Å². The first-order valence-corrected chi connectivity index (χ1v) is 7.63. The smallest absolute Gasteiger partial charge is 0.203 e. The summed E-state index contributed by atoms with van der Waals surface area (Å²) in [5.74, 6) is 1.09. The van der Waals surface area contributed by atoms with Crippen molar-refractivity contribution < 1.29 is 23.7 Å². The molecule has 1 aliphatic rings. The topological polar surface area (TPSA) is 54.0 Å². The van der Waals surface area contributed by atoms with Crippen molar-refractivity contribution in [3.63, 3.8) is 0 Å². The van der Waals surface area contributed by atoms with Gasteiger partial charge in [-0.1, -0.05) is 0 Å². The molecule has 5 nitrogen and oxygen atoms in total. The van der Waals surface area contributed by atoms with E-state index in [1.54, 1.807) is 38.5 Å². The molecule has 0 spiro atoms. The van der Waals surface area contributed by atoms with Crippen LogP contribution in [0.1, 0.15) is 26.4 Å². The van der Waals surface area contributed by atoms with Crippen molar-refractivity contribution in [3.05, 3.63) is 45.6 Å². The first-order valence-electron chi connectivity index (χ1n) is 6.82. The second kappa shape index (κ2) is 6.48. The molecule has 1 aliphatic heterocycles. The fraction of sp³-hybridized carbons (Fsp3) is 0.312. The minimum Gasteiger partial charge on any atom is -0.497 e. The molecule has 0 unspecified atom stereocenters. The number of ether oxygens (including phenoxy) is 4. The number of methoxy groups -OCH3 is 2. The number of carbonyl (C=O) groups excluding carboxylic acids is 1. The number of ketones is 1. The number of carbonyl (C=O) groups is 1. The number of benzene rings is 1. The molecule has 3 rings (SSSR count). The Balaban J connectivity index is 1.87. The maximum absolute atomic E-state index is 12.6. The lowest BCUT2D eigenvalue weighted by Gasteiger charge is -2.07. The summed E-state index contributed by atoms with van der Waals surface area (Å²) >= 11 is 1.38. The summed E-state index contributed by atoms with van der Waals surface area (Å²) < 4.78 is 21.3. The Morgan fingerprint density at radius 3 is 2.32 bits per heavy atom. The Labute approximate surface area is 132 Å². The van der Waals surface area contributed by atoms with E-state index in [9.17, 15) is 4.79 Å². The van der Waals surface area contributed by atoms with Gasteiger partial charge in [-0.3, -0.25) is 4.79 Å². The van der Waals surface area contributed by atoms with Crippen LogP contribution >= 0.6 is 11.3 Å². The summed E-state index contributed by atoms with van der Waals surface area (Å²) in [6, 6.07) is 8.79. The van der Waals surface area contributed by atoms with E-state index in [0.29, 0.717) is 35.2 Å². The fourth-order valence-corrected chi connectivity index (χ4v) is 3.17. The molecular formula is C16H16O5S. The lowest BCUT2D eigenvalue weighted by Crippen LogP contribution is -2.00. The van der Waals surface area contributed by atoms with Crippen molar-refractivity contribution in [3.8, 4) is 11.5 Å². The van der Waals surface area contributed by atoms with E-state index in [4.69, 9.17) is 18.9 Å². The number of rotatable bonds is 5. The van der Waals surface area contributed by atoms with Gasteiger partial charge in [-0.25, -0.2) is 0 Å². The molecule has 0 bridgehead atoms. The predicted octanol–water partition coefficient (Wildman–Crippen LogP) is 3.04. The number of hydrogen-bond donors (Lipinski definition) is 0. The van der Waals surface area contributed by atoms with Crippen molar-refractivity contribution in [2.75, 3.05) is 27.4 Å². The quantitative estimate of drug-likeness (QED) is 0.793. The summed E-state index contributed by atoms with van der Waals surface area (Å²) in [6.45, 7) is 1.16. The van der Waals surface area contributed by atoms with Gasteiger partial charge in [0.2, 0.25) is 5.78 Å². The van der Waals surface area contributed by atoms with Gasteiger partial charge >= 0.3 is 0 Å². The van der Waals surface area contributed by atoms with Gasteiger partial charge in [0.15, 0.2) is 6.29 Å². The average molecular weight is 320 g/mol. The molecule has 6 heteroatoms. The Morgan fingerprint density at radius 2 is 1.73 bits per heavy atom. The minimum atomic E-state index is -0.355. The normalized spacial score (nSPS) is 15.0. The zero-order valence-electron chi connectivity index (χ0n) is 12.3. The highest BCUT2D eigenvalue weighted by Gasteiger charge is 2.22. The minimum absolute atomic E-state index is 0.0774. The Hall–Kier alpha value is -1.89. The van der Waals surface area contributed by atoms with Gasteiger partial charge in [-0.15, -0.1) is 11.3 Å². The third kappa shape index (κ3) is 2.99. The predicted molar refractivity (Wildman–Crippen MR) is 81.9 cm³/mol. The van der Waals surface area contributed by atoms with E-state index in [1.165, 1.54) is 11.3 Å². The van der Waals surface area contributed by atoms with Crippen molar-refractivity contribution in [2.24, 2.45) is 0 Å². The Morgan fingerprint density at radius 1 is 1.09 bits per heavy atom. The zero-order valence-corrected chi connectivity index (χ0v) is 13.1. The van der Waals surface area contributed by atoms with Crippen molar-refractivity contribution in [1.29, 1.82) is 0 Å². The van der Waals surface area contributed by atoms with Crippen LogP contribution in [0.25, 0.3) is 0 Å². The monoisotopic (exact) mass is 320 g/mol. The highest BCUT2D eigenvalue weighted by atomic mass is 32.1. The van der Waals surface area contributed by atoms with Gasteiger partial charge in [-0.05, 0) is 24.3 Å². The standard InChI is InChI=1S/C16H16O5S/c1-18-11-7-10(8-12(9-11)19-2)15(17)13-3-4-14(22-13)16-20-5-6-21-16/h3-4,7-9,16H,5-6H2,1-2H3. The summed E-state index contributed by atoms with van der Waals surface area (Å²) in [7, 11) is 3.11. The largest absolute Gasteiger partial charge is 0.497 e. The van der Waals surface area contributed by atoms with Crippen LogP contribution in [-0.4, -0.2) is 33.2 Å². The third-order valence-electron chi connectivity index (χ3n) is 3.32. The van der Waals surface area contributed by atoms with Gasteiger partial charge in [0.05, 0.1) is 37.2 Å². The van der Waals surface area contributed by atoms with Gasteiger partial charge < -0.3 is 18.9 Å². The van der Waals surface area contributed by atoms with E-state index in [-0.39, 0.29) is 12.1 Å². The highest BCUT2D eigenvalue weighted by Crippen LogP contribution is 2.32. The average Bonchev–Trinajstić information content (AvgIpc) is 3.24. The molecular weight excluding hydrogens is 304 g/mol. The molecule has 0 saturated carbocycles. The molecule has 0 radical (unpaired) electrons. The lowest BCUT2D eigenvalue weighted by atomic mass is 10.1. The van der Waals surface area contributed by atoms with E-state index >= 15 is 0 Å². The number of hydrogen-bond acceptors (Lipinski definition) is 6. The van der Waals surface area contributed by atoms with E-state index in [1.807, 2.05) is 6.07 Å². The molecule has 2 heterocycles. The second-order valence-electron chi connectivity index (χ2n) is 4.71.